The average Bonchev–Trinajstić information content (AvgIpc) is 3.07. The summed E-state index contributed by atoms with van der Waals surface area (Å²) in [5.74, 6) is 0.0790. The highest BCUT2D eigenvalue weighted by Crippen LogP contribution is 2.28. The second-order valence-corrected chi connectivity index (χ2v) is 7.46. The number of hydrogen-bond donors (Lipinski definition) is 2. The van der Waals surface area contributed by atoms with Crippen LogP contribution in [0.3, 0.4) is 0 Å². The fourth-order valence-electron chi connectivity index (χ4n) is 3.66. The second kappa shape index (κ2) is 6.91. The lowest BCUT2D eigenvalue weighted by Gasteiger charge is -2.34. The van der Waals surface area contributed by atoms with E-state index in [1.165, 1.54) is 12.8 Å². The van der Waals surface area contributed by atoms with Gasteiger partial charge in [-0.05, 0) is 63.2 Å². The van der Waals surface area contributed by atoms with E-state index in [0.717, 1.165) is 62.4 Å². The smallest absolute Gasteiger partial charge is 0.253 e. The molecular weight excluding hydrogens is 286 g/mol. The van der Waals surface area contributed by atoms with Crippen LogP contribution in [-0.4, -0.2) is 38.6 Å². The number of nitrogens with zero attached hydrogens (tertiary/aromatic N) is 1. The molecule has 4 heteroatoms. The minimum absolute atomic E-state index is 0.0790. The minimum atomic E-state index is 0.0790. The molecule has 2 aliphatic heterocycles. The van der Waals surface area contributed by atoms with Crippen LogP contribution >= 0.6 is 0 Å². The quantitative estimate of drug-likeness (QED) is 0.898. The van der Waals surface area contributed by atoms with Gasteiger partial charge in [-0.25, -0.2) is 0 Å². The third-order valence-electron chi connectivity index (χ3n) is 5.33. The summed E-state index contributed by atoms with van der Waals surface area (Å²) in [4.78, 5) is 15.2. The van der Waals surface area contributed by atoms with Crippen LogP contribution in [-0.2, 0) is 0 Å². The van der Waals surface area contributed by atoms with Gasteiger partial charge in [0.1, 0.15) is 0 Å². The molecule has 3 rings (SSSR count). The molecule has 0 spiro atoms. The molecule has 1 aromatic rings. The van der Waals surface area contributed by atoms with E-state index in [2.05, 4.69) is 41.5 Å². The fraction of sp³-hybridized carbons (Fsp3) is 0.632. The molecule has 0 unspecified atom stereocenters. The van der Waals surface area contributed by atoms with E-state index in [1.807, 2.05) is 6.07 Å². The Hall–Kier alpha value is -1.55. The molecule has 1 aromatic carbocycles. The molecule has 0 aliphatic carbocycles. The summed E-state index contributed by atoms with van der Waals surface area (Å²) in [7, 11) is 0. The van der Waals surface area contributed by atoms with E-state index in [-0.39, 0.29) is 11.3 Å². The number of carbonyl (C=O) groups is 1. The van der Waals surface area contributed by atoms with Crippen molar-refractivity contribution >= 4 is 11.6 Å². The zero-order valence-electron chi connectivity index (χ0n) is 14.5. The SMILES string of the molecule is Cc1ccc(N2CCCC2)c(C(=O)NCC2(C)CCNCC2)c1. The fourth-order valence-corrected chi connectivity index (χ4v) is 3.66. The molecule has 0 atom stereocenters. The van der Waals surface area contributed by atoms with E-state index in [9.17, 15) is 4.79 Å². The minimum Gasteiger partial charge on any atom is -0.371 e. The topological polar surface area (TPSA) is 44.4 Å². The number of anilines is 1. The number of nitrogens with one attached hydrogen (secondary N) is 2. The van der Waals surface area contributed by atoms with Crippen molar-refractivity contribution in [1.82, 2.24) is 10.6 Å². The molecular formula is C19H29N3O. The van der Waals surface area contributed by atoms with Crippen LogP contribution in [0.4, 0.5) is 5.69 Å². The van der Waals surface area contributed by atoms with Gasteiger partial charge in [-0.3, -0.25) is 4.79 Å². The van der Waals surface area contributed by atoms with Gasteiger partial charge >= 0.3 is 0 Å². The van der Waals surface area contributed by atoms with Gasteiger partial charge in [-0.2, -0.15) is 0 Å². The number of benzene rings is 1. The first kappa shape index (κ1) is 16.3. The lowest BCUT2D eigenvalue weighted by atomic mass is 9.81. The molecule has 23 heavy (non-hydrogen) atoms. The van der Waals surface area contributed by atoms with Crippen LogP contribution in [0.5, 0.6) is 0 Å². The molecule has 2 saturated heterocycles. The standard InChI is InChI=1S/C19H29N3O/c1-15-5-6-17(22-11-3-4-12-22)16(13-15)18(23)21-14-19(2)7-9-20-10-8-19/h5-6,13,20H,3-4,7-12,14H2,1-2H3,(H,21,23). The van der Waals surface area contributed by atoms with Crippen molar-refractivity contribution in [3.05, 3.63) is 29.3 Å². The Balaban J connectivity index is 1.72. The van der Waals surface area contributed by atoms with Gasteiger partial charge in [-0.1, -0.05) is 18.6 Å². The molecule has 2 aliphatic rings. The van der Waals surface area contributed by atoms with Crippen molar-refractivity contribution in [1.29, 1.82) is 0 Å². The molecule has 0 bridgehead atoms. The Bertz CT molecular complexity index is 558. The summed E-state index contributed by atoms with van der Waals surface area (Å²) in [5.41, 5.74) is 3.30. The van der Waals surface area contributed by atoms with Gasteiger partial charge < -0.3 is 15.5 Å². The first-order chi connectivity index (χ1) is 11.1. The van der Waals surface area contributed by atoms with E-state index in [0.29, 0.717) is 0 Å². The summed E-state index contributed by atoms with van der Waals surface area (Å²) >= 11 is 0. The lowest BCUT2D eigenvalue weighted by molar-refractivity contribution is 0.0922. The Morgan fingerprint density at radius 2 is 1.96 bits per heavy atom. The number of hydrogen-bond acceptors (Lipinski definition) is 3. The lowest BCUT2D eigenvalue weighted by Crippen LogP contribution is -2.43. The zero-order valence-corrected chi connectivity index (χ0v) is 14.5. The van der Waals surface area contributed by atoms with Crippen LogP contribution in [0, 0.1) is 12.3 Å². The molecule has 2 N–H and O–H groups in total. The van der Waals surface area contributed by atoms with E-state index in [1.54, 1.807) is 0 Å². The summed E-state index contributed by atoms with van der Waals surface area (Å²) in [6, 6.07) is 6.26. The highest BCUT2D eigenvalue weighted by Gasteiger charge is 2.28. The van der Waals surface area contributed by atoms with Crippen LogP contribution < -0.4 is 15.5 Å². The van der Waals surface area contributed by atoms with Crippen molar-refractivity contribution in [2.75, 3.05) is 37.6 Å². The normalized spacial score (nSPS) is 20.5. The van der Waals surface area contributed by atoms with Crippen molar-refractivity contribution < 1.29 is 4.79 Å². The number of amides is 1. The van der Waals surface area contributed by atoms with Crippen molar-refractivity contribution in [3.8, 4) is 0 Å². The van der Waals surface area contributed by atoms with Gasteiger partial charge in [-0.15, -0.1) is 0 Å². The van der Waals surface area contributed by atoms with Gasteiger partial charge in [0, 0.05) is 25.3 Å². The molecule has 2 fully saturated rings. The second-order valence-electron chi connectivity index (χ2n) is 7.46. The summed E-state index contributed by atoms with van der Waals surface area (Å²) in [6.45, 7) is 9.33. The van der Waals surface area contributed by atoms with Crippen LogP contribution in [0.25, 0.3) is 0 Å². The number of rotatable bonds is 4. The predicted octanol–water partition coefficient (Wildman–Crippen LogP) is 2.71. The molecule has 4 nitrogen and oxygen atoms in total. The van der Waals surface area contributed by atoms with Crippen LogP contribution in [0.15, 0.2) is 18.2 Å². The summed E-state index contributed by atoms with van der Waals surface area (Å²) < 4.78 is 0. The highest BCUT2D eigenvalue weighted by atomic mass is 16.1. The molecule has 126 valence electrons. The molecule has 0 radical (unpaired) electrons. The zero-order chi connectivity index (χ0) is 16.3. The predicted molar refractivity (Wildman–Crippen MR) is 95.2 cm³/mol. The third-order valence-corrected chi connectivity index (χ3v) is 5.33. The van der Waals surface area contributed by atoms with E-state index >= 15 is 0 Å². The van der Waals surface area contributed by atoms with Gasteiger partial charge in [0.05, 0.1) is 5.56 Å². The average molecular weight is 315 g/mol. The maximum Gasteiger partial charge on any atom is 0.253 e. The third kappa shape index (κ3) is 3.86. The van der Waals surface area contributed by atoms with Crippen molar-refractivity contribution in [2.45, 2.75) is 39.5 Å². The first-order valence-corrected chi connectivity index (χ1v) is 8.92. The number of aryl methyl sites for hydroxylation is 1. The van der Waals surface area contributed by atoms with Crippen LogP contribution in [0.1, 0.15) is 48.5 Å². The highest BCUT2D eigenvalue weighted by molar-refractivity contribution is 6.00. The first-order valence-electron chi connectivity index (χ1n) is 8.92. The maximum atomic E-state index is 12.8. The van der Waals surface area contributed by atoms with Gasteiger partial charge in [0.15, 0.2) is 0 Å². The van der Waals surface area contributed by atoms with Crippen molar-refractivity contribution in [2.24, 2.45) is 5.41 Å². The molecule has 1 amide bonds. The monoisotopic (exact) mass is 315 g/mol. The van der Waals surface area contributed by atoms with E-state index in [4.69, 9.17) is 0 Å². The van der Waals surface area contributed by atoms with Gasteiger partial charge in [0.25, 0.3) is 5.91 Å². The largest absolute Gasteiger partial charge is 0.371 e. The van der Waals surface area contributed by atoms with Crippen LogP contribution in [0.2, 0.25) is 0 Å². The van der Waals surface area contributed by atoms with Crippen molar-refractivity contribution in [3.63, 3.8) is 0 Å². The maximum absolute atomic E-state index is 12.8. The molecule has 2 heterocycles. The number of piperidine rings is 1. The molecule has 0 saturated carbocycles. The Morgan fingerprint density at radius 3 is 2.65 bits per heavy atom. The Labute approximate surface area is 139 Å². The van der Waals surface area contributed by atoms with E-state index < -0.39 is 0 Å². The summed E-state index contributed by atoms with van der Waals surface area (Å²) in [5, 5.41) is 6.60. The number of carbonyl (C=O) groups excluding carboxylic acids is 1. The van der Waals surface area contributed by atoms with Gasteiger partial charge in [0.2, 0.25) is 0 Å². The molecule has 0 aromatic heterocycles. The summed E-state index contributed by atoms with van der Waals surface area (Å²) in [6.07, 6.45) is 4.69. The Kier molecular flexibility index (Phi) is 4.90. The Morgan fingerprint density at radius 1 is 1.26 bits per heavy atom.